The van der Waals surface area contributed by atoms with E-state index in [0.29, 0.717) is 16.4 Å². The van der Waals surface area contributed by atoms with Crippen molar-refractivity contribution >= 4 is 38.5 Å². The highest BCUT2D eigenvalue weighted by molar-refractivity contribution is 9.10. The van der Waals surface area contributed by atoms with E-state index in [0.717, 1.165) is 15.6 Å². The lowest BCUT2D eigenvalue weighted by Crippen LogP contribution is -2.12. The topological polar surface area (TPSA) is 52.0 Å². The number of furan rings is 1. The van der Waals surface area contributed by atoms with E-state index in [-0.39, 0.29) is 0 Å². The smallest absolute Gasteiger partial charge is 0.152 e. The SMILES string of the molecule is NC(c1ccc(Br)cn1)c1cc2cccc(Cl)c2o1. The van der Waals surface area contributed by atoms with Gasteiger partial charge in [0.2, 0.25) is 0 Å². The van der Waals surface area contributed by atoms with Crippen molar-refractivity contribution in [2.45, 2.75) is 6.04 Å². The third-order valence-electron chi connectivity index (χ3n) is 2.89. The highest BCUT2D eigenvalue weighted by Crippen LogP contribution is 2.30. The van der Waals surface area contributed by atoms with Crippen molar-refractivity contribution in [2.75, 3.05) is 0 Å². The minimum absolute atomic E-state index is 0.406. The molecule has 0 saturated heterocycles. The van der Waals surface area contributed by atoms with Gasteiger partial charge in [0.25, 0.3) is 0 Å². The molecule has 0 aliphatic rings. The average Bonchev–Trinajstić information content (AvgIpc) is 2.84. The van der Waals surface area contributed by atoms with Crippen LogP contribution in [-0.2, 0) is 0 Å². The van der Waals surface area contributed by atoms with Crippen LogP contribution in [0, 0.1) is 0 Å². The van der Waals surface area contributed by atoms with E-state index in [4.69, 9.17) is 21.8 Å². The van der Waals surface area contributed by atoms with Gasteiger partial charge in [0, 0.05) is 16.1 Å². The van der Waals surface area contributed by atoms with Crippen LogP contribution in [0.5, 0.6) is 0 Å². The molecule has 3 rings (SSSR count). The van der Waals surface area contributed by atoms with Gasteiger partial charge in [0.15, 0.2) is 5.58 Å². The van der Waals surface area contributed by atoms with Crippen LogP contribution in [0.4, 0.5) is 0 Å². The number of fused-ring (bicyclic) bond motifs is 1. The molecule has 0 aliphatic heterocycles. The molecule has 19 heavy (non-hydrogen) atoms. The van der Waals surface area contributed by atoms with Gasteiger partial charge in [-0.05, 0) is 40.2 Å². The number of pyridine rings is 1. The van der Waals surface area contributed by atoms with Gasteiger partial charge in [0.05, 0.1) is 10.7 Å². The Bertz CT molecular complexity index is 724. The van der Waals surface area contributed by atoms with Crippen LogP contribution < -0.4 is 5.73 Å². The first kappa shape index (κ1) is 12.7. The van der Waals surface area contributed by atoms with Crippen molar-refractivity contribution in [2.24, 2.45) is 5.73 Å². The fourth-order valence-electron chi connectivity index (χ4n) is 1.92. The fraction of sp³-hybridized carbons (Fsp3) is 0.0714. The van der Waals surface area contributed by atoms with Crippen LogP contribution in [-0.4, -0.2) is 4.98 Å². The lowest BCUT2D eigenvalue weighted by molar-refractivity contribution is 0.521. The van der Waals surface area contributed by atoms with Gasteiger partial charge in [-0.15, -0.1) is 0 Å². The zero-order valence-electron chi connectivity index (χ0n) is 9.81. The number of hydrogen-bond donors (Lipinski definition) is 1. The van der Waals surface area contributed by atoms with Crippen LogP contribution in [0.3, 0.4) is 0 Å². The summed E-state index contributed by atoms with van der Waals surface area (Å²) >= 11 is 9.43. The maximum Gasteiger partial charge on any atom is 0.152 e. The molecule has 2 aromatic heterocycles. The second kappa shape index (κ2) is 4.96. The van der Waals surface area contributed by atoms with Crippen molar-refractivity contribution in [1.29, 1.82) is 0 Å². The van der Waals surface area contributed by atoms with Crippen LogP contribution in [0.1, 0.15) is 17.5 Å². The maximum atomic E-state index is 6.17. The number of halogens is 2. The Morgan fingerprint density at radius 1 is 1.26 bits per heavy atom. The molecule has 1 atom stereocenters. The Balaban J connectivity index is 2.04. The summed E-state index contributed by atoms with van der Waals surface area (Å²) < 4.78 is 6.65. The molecule has 2 N–H and O–H groups in total. The van der Waals surface area contributed by atoms with E-state index < -0.39 is 6.04 Å². The first-order valence-corrected chi connectivity index (χ1v) is 6.87. The Kier molecular flexibility index (Phi) is 3.31. The second-order valence-electron chi connectivity index (χ2n) is 4.19. The zero-order valence-corrected chi connectivity index (χ0v) is 12.1. The third-order valence-corrected chi connectivity index (χ3v) is 3.66. The van der Waals surface area contributed by atoms with Crippen LogP contribution in [0.15, 0.2) is 51.5 Å². The van der Waals surface area contributed by atoms with Gasteiger partial charge in [-0.3, -0.25) is 4.98 Å². The van der Waals surface area contributed by atoms with Gasteiger partial charge >= 0.3 is 0 Å². The first-order valence-electron chi connectivity index (χ1n) is 5.70. The highest BCUT2D eigenvalue weighted by atomic mass is 79.9. The summed E-state index contributed by atoms with van der Waals surface area (Å²) in [6.07, 6.45) is 1.71. The van der Waals surface area contributed by atoms with Gasteiger partial charge in [-0.25, -0.2) is 0 Å². The predicted molar refractivity (Wildman–Crippen MR) is 79.2 cm³/mol. The number of benzene rings is 1. The minimum atomic E-state index is -0.406. The summed E-state index contributed by atoms with van der Waals surface area (Å²) in [6.45, 7) is 0. The number of hydrogen-bond acceptors (Lipinski definition) is 3. The summed E-state index contributed by atoms with van der Waals surface area (Å²) in [5.74, 6) is 0.651. The summed E-state index contributed by atoms with van der Waals surface area (Å²) in [4.78, 5) is 4.28. The molecule has 1 unspecified atom stereocenters. The number of rotatable bonds is 2. The van der Waals surface area contributed by atoms with E-state index in [1.54, 1.807) is 12.3 Å². The average molecular weight is 338 g/mol. The molecule has 0 aliphatic carbocycles. The molecule has 0 radical (unpaired) electrons. The number of aromatic nitrogens is 1. The normalized spacial score (nSPS) is 12.8. The standard InChI is InChI=1S/C14H10BrClN2O/c15-9-4-5-11(18-7-9)13(17)12-6-8-2-1-3-10(16)14(8)19-12/h1-7,13H,17H2. The largest absolute Gasteiger partial charge is 0.457 e. The lowest BCUT2D eigenvalue weighted by atomic mass is 10.1. The summed E-state index contributed by atoms with van der Waals surface area (Å²) in [5, 5.41) is 1.52. The highest BCUT2D eigenvalue weighted by Gasteiger charge is 2.16. The minimum Gasteiger partial charge on any atom is -0.457 e. The first-order chi connectivity index (χ1) is 9.15. The van der Waals surface area contributed by atoms with E-state index in [2.05, 4.69) is 20.9 Å². The Hall–Kier alpha value is -1.36. The van der Waals surface area contributed by atoms with Crippen molar-refractivity contribution in [3.63, 3.8) is 0 Å². The molecule has 2 heterocycles. The Morgan fingerprint density at radius 2 is 2.11 bits per heavy atom. The van der Waals surface area contributed by atoms with Crippen molar-refractivity contribution in [3.05, 3.63) is 63.5 Å². The molecular formula is C14H10BrClN2O. The monoisotopic (exact) mass is 336 g/mol. The summed E-state index contributed by atoms with van der Waals surface area (Å²) in [6, 6.07) is 10.9. The molecule has 5 heteroatoms. The Labute approximate surface area is 123 Å². The number of nitrogens with zero attached hydrogens (tertiary/aromatic N) is 1. The third kappa shape index (κ3) is 2.39. The molecule has 0 saturated carbocycles. The second-order valence-corrected chi connectivity index (χ2v) is 5.51. The maximum absolute atomic E-state index is 6.17. The van der Waals surface area contributed by atoms with Crippen molar-refractivity contribution in [3.8, 4) is 0 Å². The zero-order chi connectivity index (χ0) is 13.4. The molecule has 3 nitrogen and oxygen atoms in total. The number of nitrogens with two attached hydrogens (primary N) is 1. The summed E-state index contributed by atoms with van der Waals surface area (Å²) in [5.41, 5.74) is 7.57. The van der Waals surface area contributed by atoms with E-state index in [1.165, 1.54) is 0 Å². The molecule has 96 valence electrons. The van der Waals surface area contributed by atoms with E-state index in [9.17, 15) is 0 Å². The van der Waals surface area contributed by atoms with Crippen LogP contribution in [0.25, 0.3) is 11.0 Å². The molecule has 0 amide bonds. The van der Waals surface area contributed by atoms with Crippen molar-refractivity contribution in [1.82, 2.24) is 4.98 Å². The van der Waals surface area contributed by atoms with Gasteiger partial charge in [0.1, 0.15) is 11.8 Å². The summed E-state index contributed by atoms with van der Waals surface area (Å²) in [7, 11) is 0. The lowest BCUT2D eigenvalue weighted by Gasteiger charge is -2.07. The molecule has 0 bridgehead atoms. The number of para-hydroxylation sites is 1. The molecule has 0 fully saturated rings. The molecule has 0 spiro atoms. The Morgan fingerprint density at radius 3 is 2.79 bits per heavy atom. The van der Waals surface area contributed by atoms with E-state index >= 15 is 0 Å². The molecular weight excluding hydrogens is 328 g/mol. The molecule has 3 aromatic rings. The van der Waals surface area contributed by atoms with Gasteiger partial charge in [-0.1, -0.05) is 23.7 Å². The van der Waals surface area contributed by atoms with Gasteiger partial charge < -0.3 is 10.2 Å². The van der Waals surface area contributed by atoms with Crippen LogP contribution in [0.2, 0.25) is 5.02 Å². The van der Waals surface area contributed by atoms with Gasteiger partial charge in [-0.2, -0.15) is 0 Å². The fourth-order valence-corrected chi connectivity index (χ4v) is 2.37. The predicted octanol–water partition coefficient (Wildman–Crippen LogP) is 4.29. The van der Waals surface area contributed by atoms with E-state index in [1.807, 2.05) is 30.3 Å². The van der Waals surface area contributed by atoms with Crippen molar-refractivity contribution < 1.29 is 4.42 Å². The quantitative estimate of drug-likeness (QED) is 0.759. The molecule has 1 aromatic carbocycles. The van der Waals surface area contributed by atoms with Crippen LogP contribution >= 0.6 is 27.5 Å².